The van der Waals surface area contributed by atoms with Gasteiger partial charge in [-0.05, 0) is 42.8 Å². The van der Waals surface area contributed by atoms with Crippen molar-refractivity contribution in [1.29, 1.82) is 0 Å². The second kappa shape index (κ2) is 4.97. The van der Waals surface area contributed by atoms with Crippen molar-refractivity contribution in [1.82, 2.24) is 4.90 Å². The van der Waals surface area contributed by atoms with Crippen molar-refractivity contribution in [3.63, 3.8) is 0 Å². The number of hydrogen-bond donors (Lipinski definition) is 1. The number of aryl methyl sites for hydroxylation is 1. The van der Waals surface area contributed by atoms with Crippen LogP contribution in [0.15, 0.2) is 11.4 Å². The molecule has 1 aromatic heterocycles. The summed E-state index contributed by atoms with van der Waals surface area (Å²) < 4.78 is 0. The van der Waals surface area contributed by atoms with Gasteiger partial charge in [-0.2, -0.15) is 0 Å². The number of thiophene rings is 1. The van der Waals surface area contributed by atoms with E-state index in [1.165, 1.54) is 16.9 Å². The van der Waals surface area contributed by atoms with Crippen molar-refractivity contribution in [2.75, 3.05) is 13.1 Å². The van der Waals surface area contributed by atoms with Crippen LogP contribution in [0.3, 0.4) is 0 Å². The molecular weight excluding hydrogens is 222 g/mol. The first kappa shape index (κ1) is 11.6. The molecule has 88 valence electrons. The van der Waals surface area contributed by atoms with E-state index in [1.54, 1.807) is 11.3 Å². The van der Waals surface area contributed by atoms with Gasteiger partial charge in [-0.3, -0.25) is 9.69 Å². The lowest BCUT2D eigenvalue weighted by Crippen LogP contribution is -2.34. The maximum Gasteiger partial charge on any atom is 0.317 e. The Labute approximate surface area is 99.7 Å². The summed E-state index contributed by atoms with van der Waals surface area (Å²) in [6.07, 6.45) is 3.42. The molecule has 0 amide bonds. The van der Waals surface area contributed by atoms with E-state index in [2.05, 4.69) is 16.3 Å². The maximum atomic E-state index is 10.8. The molecule has 0 bridgehead atoms. The second-order valence-electron chi connectivity index (χ2n) is 4.16. The molecule has 1 unspecified atom stereocenters. The van der Waals surface area contributed by atoms with E-state index in [0.29, 0.717) is 6.04 Å². The minimum absolute atomic E-state index is 0.149. The van der Waals surface area contributed by atoms with E-state index in [9.17, 15) is 4.79 Å². The smallest absolute Gasteiger partial charge is 0.317 e. The number of carboxylic acid groups (broad SMARTS) is 1. The largest absolute Gasteiger partial charge is 0.480 e. The molecule has 0 aromatic carbocycles. The number of fused-ring (bicyclic) bond motifs is 1. The summed E-state index contributed by atoms with van der Waals surface area (Å²) in [5.74, 6) is -0.732. The molecule has 1 atom stereocenters. The molecule has 1 aliphatic carbocycles. The molecule has 1 aromatic rings. The Morgan fingerprint density at radius 2 is 2.50 bits per heavy atom. The standard InChI is InChI=1S/C12H17NO2S/c1-2-13(8-12(14)15)10-4-3-5-11-9(10)6-7-16-11/h6-7,10H,2-5,8H2,1H3,(H,14,15). The van der Waals surface area contributed by atoms with Crippen LogP contribution in [0, 0.1) is 0 Å². The normalized spacial score (nSPS) is 19.8. The van der Waals surface area contributed by atoms with Crippen LogP contribution < -0.4 is 0 Å². The second-order valence-corrected chi connectivity index (χ2v) is 5.16. The number of hydrogen-bond acceptors (Lipinski definition) is 3. The molecule has 0 aliphatic heterocycles. The summed E-state index contributed by atoms with van der Waals surface area (Å²) in [6, 6.07) is 2.48. The van der Waals surface area contributed by atoms with Crippen LogP contribution in [0.5, 0.6) is 0 Å². The number of carbonyl (C=O) groups is 1. The monoisotopic (exact) mass is 239 g/mol. The highest BCUT2D eigenvalue weighted by Crippen LogP contribution is 2.36. The highest BCUT2D eigenvalue weighted by atomic mass is 32.1. The number of likely N-dealkylation sites (N-methyl/N-ethyl adjacent to an activating group) is 1. The van der Waals surface area contributed by atoms with E-state index in [-0.39, 0.29) is 6.54 Å². The Morgan fingerprint density at radius 1 is 1.69 bits per heavy atom. The van der Waals surface area contributed by atoms with Crippen LogP contribution in [0.25, 0.3) is 0 Å². The third-order valence-electron chi connectivity index (χ3n) is 3.21. The van der Waals surface area contributed by atoms with Crippen LogP contribution in [-0.4, -0.2) is 29.1 Å². The van der Waals surface area contributed by atoms with Crippen molar-refractivity contribution in [2.45, 2.75) is 32.2 Å². The fraction of sp³-hybridized carbons (Fsp3) is 0.583. The number of aliphatic carboxylic acids is 1. The van der Waals surface area contributed by atoms with Crippen LogP contribution in [0.2, 0.25) is 0 Å². The van der Waals surface area contributed by atoms with Crippen molar-refractivity contribution < 1.29 is 9.90 Å². The highest BCUT2D eigenvalue weighted by Gasteiger charge is 2.26. The van der Waals surface area contributed by atoms with Gasteiger partial charge >= 0.3 is 5.97 Å². The van der Waals surface area contributed by atoms with Gasteiger partial charge in [0.1, 0.15) is 0 Å². The fourth-order valence-electron chi connectivity index (χ4n) is 2.46. The molecule has 0 spiro atoms. The summed E-state index contributed by atoms with van der Waals surface area (Å²) in [6.45, 7) is 2.98. The molecule has 1 heterocycles. The van der Waals surface area contributed by atoms with Crippen LogP contribution in [-0.2, 0) is 11.2 Å². The van der Waals surface area contributed by atoms with E-state index >= 15 is 0 Å². The molecule has 2 rings (SSSR count). The Hall–Kier alpha value is -0.870. The first-order valence-electron chi connectivity index (χ1n) is 5.74. The summed E-state index contributed by atoms with van der Waals surface area (Å²) in [4.78, 5) is 14.3. The average molecular weight is 239 g/mol. The lowest BCUT2D eigenvalue weighted by Gasteiger charge is -2.32. The van der Waals surface area contributed by atoms with E-state index < -0.39 is 5.97 Å². The Balaban J connectivity index is 2.18. The molecule has 16 heavy (non-hydrogen) atoms. The SMILES string of the molecule is CCN(CC(=O)O)C1CCCc2sccc21. The maximum absolute atomic E-state index is 10.8. The first-order valence-corrected chi connectivity index (χ1v) is 6.62. The zero-order chi connectivity index (χ0) is 11.5. The first-order chi connectivity index (χ1) is 7.72. The molecule has 3 nitrogen and oxygen atoms in total. The van der Waals surface area contributed by atoms with E-state index in [0.717, 1.165) is 19.4 Å². The Kier molecular flexibility index (Phi) is 3.61. The van der Waals surface area contributed by atoms with Crippen molar-refractivity contribution in [2.24, 2.45) is 0 Å². The predicted octanol–water partition coefficient (Wildman–Crippen LogP) is 2.53. The molecule has 0 radical (unpaired) electrons. The van der Waals surface area contributed by atoms with Crippen molar-refractivity contribution >= 4 is 17.3 Å². The van der Waals surface area contributed by atoms with Crippen molar-refractivity contribution in [3.05, 3.63) is 21.9 Å². The number of nitrogens with zero attached hydrogens (tertiary/aromatic N) is 1. The van der Waals surface area contributed by atoms with Crippen LogP contribution >= 0.6 is 11.3 Å². The van der Waals surface area contributed by atoms with Gasteiger partial charge in [0.2, 0.25) is 0 Å². The minimum atomic E-state index is -0.732. The third kappa shape index (κ3) is 2.28. The molecule has 0 fully saturated rings. The van der Waals surface area contributed by atoms with Gasteiger partial charge in [-0.1, -0.05) is 6.92 Å². The highest BCUT2D eigenvalue weighted by molar-refractivity contribution is 7.10. The zero-order valence-corrected chi connectivity index (χ0v) is 10.3. The molecule has 0 saturated heterocycles. The van der Waals surface area contributed by atoms with Gasteiger partial charge in [0.05, 0.1) is 6.54 Å². The minimum Gasteiger partial charge on any atom is -0.480 e. The molecule has 4 heteroatoms. The van der Waals surface area contributed by atoms with Gasteiger partial charge in [0.15, 0.2) is 0 Å². The number of rotatable bonds is 4. The van der Waals surface area contributed by atoms with E-state index in [1.807, 2.05) is 6.92 Å². The third-order valence-corrected chi connectivity index (χ3v) is 4.20. The van der Waals surface area contributed by atoms with E-state index in [4.69, 9.17) is 5.11 Å². The predicted molar refractivity (Wildman–Crippen MR) is 64.9 cm³/mol. The van der Waals surface area contributed by atoms with Gasteiger partial charge in [-0.15, -0.1) is 11.3 Å². The van der Waals surface area contributed by atoms with Gasteiger partial charge in [0, 0.05) is 10.9 Å². The molecule has 1 aliphatic rings. The summed E-state index contributed by atoms with van der Waals surface area (Å²) in [7, 11) is 0. The van der Waals surface area contributed by atoms with Crippen molar-refractivity contribution in [3.8, 4) is 0 Å². The summed E-state index contributed by atoms with van der Waals surface area (Å²) in [5, 5.41) is 11.0. The lowest BCUT2D eigenvalue weighted by atomic mass is 9.93. The number of carboxylic acids is 1. The average Bonchev–Trinajstić information content (AvgIpc) is 2.73. The summed E-state index contributed by atoms with van der Waals surface area (Å²) >= 11 is 1.80. The van der Waals surface area contributed by atoms with Crippen LogP contribution in [0.1, 0.15) is 36.2 Å². The Morgan fingerprint density at radius 3 is 3.19 bits per heavy atom. The quantitative estimate of drug-likeness (QED) is 0.877. The van der Waals surface area contributed by atoms with Gasteiger partial charge < -0.3 is 5.11 Å². The molecule has 1 N–H and O–H groups in total. The Bertz CT molecular complexity index is 375. The molecule has 0 saturated carbocycles. The van der Waals surface area contributed by atoms with Crippen LogP contribution in [0.4, 0.5) is 0 Å². The molecular formula is C12H17NO2S. The summed E-state index contributed by atoms with van der Waals surface area (Å²) in [5.41, 5.74) is 1.36. The van der Waals surface area contributed by atoms with Gasteiger partial charge in [-0.25, -0.2) is 0 Å². The lowest BCUT2D eigenvalue weighted by molar-refractivity contribution is -0.139. The fourth-order valence-corrected chi connectivity index (χ4v) is 3.44. The topological polar surface area (TPSA) is 40.5 Å². The van der Waals surface area contributed by atoms with Gasteiger partial charge in [0.25, 0.3) is 0 Å². The zero-order valence-electron chi connectivity index (χ0n) is 9.48.